The number of aromatic nitrogens is 1. The molecule has 2 amide bonds. The SMILES string of the molecule is CCO/N=C/C(C)C#C/C=C(\C)COCCC(C)CCN1CCN(c2ccnc(N)c2)C1=O. The predicted octanol–water partition coefficient (Wildman–Crippen LogP) is 3.95. The van der Waals surface area contributed by atoms with Gasteiger partial charge in [0.2, 0.25) is 0 Å². The lowest BCUT2D eigenvalue weighted by Gasteiger charge is -2.20. The maximum atomic E-state index is 12.7. The van der Waals surface area contributed by atoms with Crippen molar-refractivity contribution in [1.29, 1.82) is 0 Å². The number of carbonyl (C=O) groups excluding carboxylic acids is 1. The van der Waals surface area contributed by atoms with E-state index in [0.29, 0.717) is 38.1 Å². The summed E-state index contributed by atoms with van der Waals surface area (Å²) in [4.78, 5) is 25.3. The second kappa shape index (κ2) is 14.2. The van der Waals surface area contributed by atoms with Gasteiger partial charge in [0.05, 0.1) is 24.4 Å². The number of oxime groups is 1. The van der Waals surface area contributed by atoms with Crippen LogP contribution in [-0.4, -0.2) is 61.6 Å². The van der Waals surface area contributed by atoms with Crippen molar-refractivity contribution >= 4 is 23.8 Å². The Hall–Kier alpha value is -3.05. The second-order valence-electron chi connectivity index (χ2n) is 8.34. The number of hydrogen-bond donors (Lipinski definition) is 1. The number of ether oxygens (including phenoxy) is 1. The third kappa shape index (κ3) is 9.54. The number of amides is 2. The predicted molar refractivity (Wildman–Crippen MR) is 133 cm³/mol. The Morgan fingerprint density at radius 1 is 1.36 bits per heavy atom. The van der Waals surface area contributed by atoms with Gasteiger partial charge >= 0.3 is 6.03 Å². The van der Waals surface area contributed by atoms with Crippen molar-refractivity contribution in [2.75, 3.05) is 50.1 Å². The van der Waals surface area contributed by atoms with Crippen LogP contribution in [0.1, 0.15) is 40.5 Å². The molecule has 1 aromatic heterocycles. The smallest absolute Gasteiger partial charge is 0.324 e. The molecule has 0 saturated carbocycles. The fraction of sp³-hybridized carbons (Fsp3) is 0.560. The molecule has 1 aliphatic heterocycles. The zero-order valence-corrected chi connectivity index (χ0v) is 20.3. The third-order valence-corrected chi connectivity index (χ3v) is 5.27. The fourth-order valence-electron chi connectivity index (χ4n) is 3.26. The van der Waals surface area contributed by atoms with Gasteiger partial charge < -0.3 is 20.2 Å². The molecule has 1 aliphatic rings. The van der Waals surface area contributed by atoms with E-state index in [0.717, 1.165) is 37.2 Å². The van der Waals surface area contributed by atoms with Crippen LogP contribution in [0.5, 0.6) is 0 Å². The Bertz CT molecular complexity index is 874. The average Bonchev–Trinajstić information content (AvgIpc) is 3.15. The van der Waals surface area contributed by atoms with Crippen LogP contribution in [0.2, 0.25) is 0 Å². The average molecular weight is 456 g/mol. The van der Waals surface area contributed by atoms with Gasteiger partial charge in [-0.25, -0.2) is 9.78 Å². The van der Waals surface area contributed by atoms with E-state index >= 15 is 0 Å². The van der Waals surface area contributed by atoms with Crippen LogP contribution < -0.4 is 10.6 Å². The topological polar surface area (TPSA) is 93.3 Å². The Balaban J connectivity index is 1.63. The first-order chi connectivity index (χ1) is 15.9. The molecule has 2 rings (SSSR count). The van der Waals surface area contributed by atoms with E-state index in [-0.39, 0.29) is 11.9 Å². The van der Waals surface area contributed by atoms with E-state index in [1.54, 1.807) is 23.4 Å². The summed E-state index contributed by atoms with van der Waals surface area (Å²) in [6.07, 6.45) is 7.11. The zero-order valence-electron chi connectivity index (χ0n) is 20.3. The van der Waals surface area contributed by atoms with Gasteiger partial charge in [-0.15, -0.1) is 0 Å². The standard InChI is InChI=1S/C25H37N5O3/c1-5-33-28-18-21(3)7-6-8-22(4)19-32-16-11-20(2)10-13-29-14-15-30(25(29)31)23-9-12-27-24(26)17-23/h8-9,12,17-18,20-21H,5,10-11,13-16,19H2,1-4H3,(H2,26,27)/b22-8+,28-18+. The summed E-state index contributed by atoms with van der Waals surface area (Å²) < 4.78 is 5.79. The number of anilines is 2. The van der Waals surface area contributed by atoms with E-state index in [2.05, 4.69) is 28.9 Å². The monoisotopic (exact) mass is 455 g/mol. The quantitative estimate of drug-likeness (QED) is 0.223. The van der Waals surface area contributed by atoms with Crippen molar-refractivity contribution in [3.63, 3.8) is 0 Å². The number of nitrogen functional groups attached to an aromatic ring is 1. The highest BCUT2D eigenvalue weighted by molar-refractivity contribution is 5.94. The van der Waals surface area contributed by atoms with Crippen LogP contribution in [0.4, 0.5) is 16.3 Å². The molecule has 8 nitrogen and oxygen atoms in total. The van der Waals surface area contributed by atoms with Gasteiger partial charge in [0.15, 0.2) is 0 Å². The molecule has 0 spiro atoms. The molecule has 1 aromatic rings. The zero-order chi connectivity index (χ0) is 24.1. The number of hydrogen-bond acceptors (Lipinski definition) is 6. The van der Waals surface area contributed by atoms with E-state index in [9.17, 15) is 4.79 Å². The molecule has 0 aliphatic carbocycles. The van der Waals surface area contributed by atoms with Gasteiger partial charge in [0.1, 0.15) is 12.4 Å². The fourth-order valence-corrected chi connectivity index (χ4v) is 3.26. The van der Waals surface area contributed by atoms with Crippen LogP contribution in [0.15, 0.2) is 35.1 Å². The number of urea groups is 1. The number of pyridine rings is 1. The van der Waals surface area contributed by atoms with E-state index in [1.165, 1.54) is 0 Å². The minimum atomic E-state index is 0.0319. The molecular formula is C25H37N5O3. The van der Waals surface area contributed by atoms with Crippen molar-refractivity contribution in [2.45, 2.75) is 40.5 Å². The molecule has 33 heavy (non-hydrogen) atoms. The maximum Gasteiger partial charge on any atom is 0.324 e. The van der Waals surface area contributed by atoms with Crippen molar-refractivity contribution in [3.05, 3.63) is 30.0 Å². The summed E-state index contributed by atoms with van der Waals surface area (Å²) in [6.45, 7) is 12.0. The first-order valence-electron chi connectivity index (χ1n) is 11.6. The number of rotatable bonds is 12. The van der Waals surface area contributed by atoms with Crippen molar-refractivity contribution in [2.24, 2.45) is 17.0 Å². The van der Waals surface area contributed by atoms with E-state index in [4.69, 9.17) is 15.3 Å². The first kappa shape index (κ1) is 26.2. The van der Waals surface area contributed by atoms with Crippen LogP contribution in [0.3, 0.4) is 0 Å². The lowest BCUT2D eigenvalue weighted by molar-refractivity contribution is 0.139. The van der Waals surface area contributed by atoms with Gasteiger partial charge in [-0.1, -0.05) is 23.9 Å². The van der Waals surface area contributed by atoms with Crippen molar-refractivity contribution < 1.29 is 14.4 Å². The molecule has 1 fully saturated rings. The largest absolute Gasteiger partial charge is 0.396 e. The molecule has 2 heterocycles. The molecule has 180 valence electrons. The molecule has 0 radical (unpaired) electrons. The third-order valence-electron chi connectivity index (χ3n) is 5.27. The molecule has 2 atom stereocenters. The van der Waals surface area contributed by atoms with Crippen LogP contribution in [-0.2, 0) is 9.57 Å². The van der Waals surface area contributed by atoms with Crippen LogP contribution in [0, 0.1) is 23.7 Å². The molecule has 2 unspecified atom stereocenters. The number of nitrogens with two attached hydrogens (primary N) is 1. The summed E-state index contributed by atoms with van der Waals surface area (Å²) >= 11 is 0. The van der Waals surface area contributed by atoms with Crippen molar-refractivity contribution in [1.82, 2.24) is 9.88 Å². The van der Waals surface area contributed by atoms with E-state index < -0.39 is 0 Å². The van der Waals surface area contributed by atoms with Gasteiger partial charge in [0.25, 0.3) is 0 Å². The number of carbonyl (C=O) groups is 1. The lowest BCUT2D eigenvalue weighted by Crippen LogP contribution is -2.33. The first-order valence-corrected chi connectivity index (χ1v) is 11.6. The second-order valence-corrected chi connectivity index (χ2v) is 8.34. The normalized spacial score (nSPS) is 16.1. The number of nitrogens with zero attached hydrogens (tertiary/aromatic N) is 4. The molecule has 1 saturated heterocycles. The summed E-state index contributed by atoms with van der Waals surface area (Å²) in [5, 5.41) is 3.83. The Kier molecular flexibility index (Phi) is 11.3. The summed E-state index contributed by atoms with van der Waals surface area (Å²) in [5.41, 5.74) is 7.63. The summed E-state index contributed by atoms with van der Waals surface area (Å²) in [6, 6.07) is 3.59. The molecular weight excluding hydrogens is 418 g/mol. The van der Waals surface area contributed by atoms with Gasteiger partial charge in [-0.2, -0.15) is 0 Å². The highest BCUT2D eigenvalue weighted by Crippen LogP contribution is 2.22. The van der Waals surface area contributed by atoms with Crippen LogP contribution >= 0.6 is 0 Å². The maximum absolute atomic E-state index is 12.7. The Labute approximate surface area is 197 Å². The molecule has 2 N–H and O–H groups in total. The molecule has 0 bridgehead atoms. The van der Waals surface area contributed by atoms with Gasteiger partial charge in [-0.05, 0) is 57.2 Å². The number of allylic oxidation sites excluding steroid dienone is 1. The van der Waals surface area contributed by atoms with Crippen LogP contribution in [0.25, 0.3) is 0 Å². The highest BCUT2D eigenvalue weighted by Gasteiger charge is 2.29. The molecule has 8 heteroatoms. The van der Waals surface area contributed by atoms with E-state index in [1.807, 2.05) is 37.8 Å². The van der Waals surface area contributed by atoms with Gasteiger partial charge in [-0.3, -0.25) is 4.90 Å². The highest BCUT2D eigenvalue weighted by atomic mass is 16.6. The Morgan fingerprint density at radius 2 is 2.18 bits per heavy atom. The minimum absolute atomic E-state index is 0.0319. The van der Waals surface area contributed by atoms with Gasteiger partial charge in [0, 0.05) is 38.5 Å². The summed E-state index contributed by atoms with van der Waals surface area (Å²) in [7, 11) is 0. The summed E-state index contributed by atoms with van der Waals surface area (Å²) in [5.74, 6) is 7.07. The van der Waals surface area contributed by atoms with Crippen molar-refractivity contribution in [3.8, 4) is 11.8 Å². The lowest BCUT2D eigenvalue weighted by atomic mass is 10.0. The minimum Gasteiger partial charge on any atom is -0.396 e. The Morgan fingerprint density at radius 3 is 2.94 bits per heavy atom. The molecule has 0 aromatic carbocycles.